The zero-order valence-corrected chi connectivity index (χ0v) is 10.5. The Kier molecular flexibility index (Phi) is 3.17. The molecule has 0 saturated carbocycles. The first-order valence-electron chi connectivity index (χ1n) is 6.38. The van der Waals surface area contributed by atoms with Crippen molar-refractivity contribution in [1.82, 2.24) is 4.57 Å². The summed E-state index contributed by atoms with van der Waals surface area (Å²) in [5, 5.41) is 0. The normalized spacial score (nSPS) is 19.3. The number of carbonyl (C=O) groups excluding carboxylic acids is 1. The van der Waals surface area contributed by atoms with Gasteiger partial charge in [0.05, 0.1) is 0 Å². The van der Waals surface area contributed by atoms with Crippen LogP contribution in [0, 0.1) is 5.92 Å². The first-order chi connectivity index (χ1) is 7.65. The van der Waals surface area contributed by atoms with Crippen LogP contribution in [0.15, 0.2) is 12.3 Å². The third-order valence-electron chi connectivity index (χ3n) is 4.05. The maximum absolute atomic E-state index is 11.7. The Morgan fingerprint density at radius 1 is 1.38 bits per heavy atom. The van der Waals surface area contributed by atoms with Crippen LogP contribution >= 0.6 is 0 Å². The summed E-state index contributed by atoms with van der Waals surface area (Å²) in [5.74, 6) is 0.991. The predicted molar refractivity (Wildman–Crippen MR) is 65.9 cm³/mol. The maximum Gasteiger partial charge on any atom is 0.164 e. The molecular weight excluding hydrogens is 198 g/mol. The van der Waals surface area contributed by atoms with Crippen LogP contribution in [0.4, 0.5) is 0 Å². The summed E-state index contributed by atoms with van der Waals surface area (Å²) in [5.41, 5.74) is 2.24. The van der Waals surface area contributed by atoms with Gasteiger partial charge in [-0.1, -0.05) is 20.3 Å². The molecule has 0 spiro atoms. The van der Waals surface area contributed by atoms with Crippen molar-refractivity contribution in [3.8, 4) is 0 Å². The van der Waals surface area contributed by atoms with E-state index >= 15 is 0 Å². The van der Waals surface area contributed by atoms with Gasteiger partial charge in [0.1, 0.15) is 0 Å². The van der Waals surface area contributed by atoms with Crippen LogP contribution in [0.2, 0.25) is 0 Å². The zero-order chi connectivity index (χ0) is 11.7. The molecule has 0 aromatic carbocycles. The van der Waals surface area contributed by atoms with Crippen LogP contribution < -0.4 is 0 Å². The Morgan fingerprint density at radius 3 is 2.81 bits per heavy atom. The van der Waals surface area contributed by atoms with Gasteiger partial charge in [0, 0.05) is 29.9 Å². The molecule has 0 fully saturated rings. The van der Waals surface area contributed by atoms with E-state index in [0.717, 1.165) is 24.8 Å². The molecule has 1 aliphatic rings. The maximum atomic E-state index is 11.7. The fraction of sp³-hybridized carbons (Fsp3) is 0.643. The third-order valence-corrected chi connectivity index (χ3v) is 4.05. The monoisotopic (exact) mass is 219 g/mol. The highest BCUT2D eigenvalue weighted by molar-refractivity contribution is 5.98. The summed E-state index contributed by atoms with van der Waals surface area (Å²) in [6, 6.07) is 2.51. The van der Waals surface area contributed by atoms with Crippen molar-refractivity contribution in [2.75, 3.05) is 0 Å². The van der Waals surface area contributed by atoms with E-state index in [0.29, 0.717) is 17.7 Å². The van der Waals surface area contributed by atoms with Crippen LogP contribution in [0.5, 0.6) is 0 Å². The Bertz CT molecular complexity index is 391. The molecule has 0 N–H and O–H groups in total. The van der Waals surface area contributed by atoms with Crippen molar-refractivity contribution in [2.45, 2.75) is 52.5 Å². The minimum atomic E-state index is 0.330. The molecule has 1 aromatic heterocycles. The van der Waals surface area contributed by atoms with E-state index in [1.807, 2.05) is 6.07 Å². The van der Waals surface area contributed by atoms with Crippen molar-refractivity contribution in [2.24, 2.45) is 5.92 Å². The Labute approximate surface area is 97.7 Å². The highest BCUT2D eigenvalue weighted by Crippen LogP contribution is 2.29. The van der Waals surface area contributed by atoms with Gasteiger partial charge >= 0.3 is 0 Å². The molecule has 2 unspecified atom stereocenters. The number of nitrogens with zero attached hydrogens (tertiary/aromatic N) is 1. The largest absolute Gasteiger partial charge is 0.348 e. The molecule has 16 heavy (non-hydrogen) atoms. The van der Waals surface area contributed by atoms with Gasteiger partial charge in [0.25, 0.3) is 0 Å². The second-order valence-electron chi connectivity index (χ2n) is 4.99. The average Bonchev–Trinajstić information content (AvgIpc) is 2.72. The summed E-state index contributed by atoms with van der Waals surface area (Å²) >= 11 is 0. The molecule has 1 aliphatic carbocycles. The van der Waals surface area contributed by atoms with Gasteiger partial charge in [-0.05, 0) is 31.7 Å². The molecule has 1 heterocycles. The first-order valence-corrected chi connectivity index (χ1v) is 6.38. The number of hydrogen-bond donors (Lipinski definition) is 0. The zero-order valence-electron chi connectivity index (χ0n) is 10.5. The van der Waals surface area contributed by atoms with Gasteiger partial charge in [0.15, 0.2) is 5.78 Å². The van der Waals surface area contributed by atoms with Crippen LogP contribution in [0.3, 0.4) is 0 Å². The molecule has 2 atom stereocenters. The standard InChI is InChI=1S/C14H21NO/c1-4-10(2)11(3)15-9-8-12-13(15)6-5-7-14(12)16/h8-11H,4-7H2,1-3H3. The van der Waals surface area contributed by atoms with Gasteiger partial charge < -0.3 is 4.57 Å². The Hall–Kier alpha value is -1.05. The fourth-order valence-corrected chi connectivity index (χ4v) is 2.55. The van der Waals surface area contributed by atoms with Crippen LogP contribution in [-0.2, 0) is 6.42 Å². The lowest BCUT2D eigenvalue weighted by atomic mass is 9.95. The van der Waals surface area contributed by atoms with Crippen LogP contribution in [-0.4, -0.2) is 10.4 Å². The number of ketones is 1. The van der Waals surface area contributed by atoms with Crippen LogP contribution in [0.25, 0.3) is 0 Å². The molecule has 2 nitrogen and oxygen atoms in total. The summed E-state index contributed by atoms with van der Waals surface area (Å²) in [6.45, 7) is 6.76. The molecule has 0 amide bonds. The molecule has 1 aromatic rings. The van der Waals surface area contributed by atoms with Gasteiger partial charge in [-0.3, -0.25) is 4.79 Å². The number of hydrogen-bond acceptors (Lipinski definition) is 1. The van der Waals surface area contributed by atoms with Crippen molar-refractivity contribution in [1.29, 1.82) is 0 Å². The minimum Gasteiger partial charge on any atom is -0.348 e. The SMILES string of the molecule is CCC(C)C(C)n1ccc2c1CCCC2=O. The summed E-state index contributed by atoms with van der Waals surface area (Å²) < 4.78 is 2.32. The molecule has 2 heteroatoms. The predicted octanol–water partition coefficient (Wildman–Crippen LogP) is 3.61. The lowest BCUT2D eigenvalue weighted by molar-refractivity contribution is 0.0971. The molecule has 0 radical (unpaired) electrons. The van der Waals surface area contributed by atoms with E-state index in [-0.39, 0.29) is 0 Å². The van der Waals surface area contributed by atoms with Gasteiger partial charge in [0.2, 0.25) is 0 Å². The highest BCUT2D eigenvalue weighted by atomic mass is 16.1. The van der Waals surface area contributed by atoms with E-state index in [1.165, 1.54) is 12.1 Å². The molecule has 88 valence electrons. The molecule has 0 aliphatic heterocycles. The number of Topliss-reactive ketones (excluding diaryl/α,β-unsaturated/α-hetero) is 1. The highest BCUT2D eigenvalue weighted by Gasteiger charge is 2.23. The second kappa shape index (κ2) is 4.44. The van der Waals surface area contributed by atoms with E-state index in [1.54, 1.807) is 0 Å². The summed E-state index contributed by atoms with van der Waals surface area (Å²) in [4.78, 5) is 11.7. The Balaban J connectivity index is 2.33. The van der Waals surface area contributed by atoms with E-state index in [4.69, 9.17) is 0 Å². The minimum absolute atomic E-state index is 0.330. The topological polar surface area (TPSA) is 22.0 Å². The lowest BCUT2D eigenvalue weighted by Gasteiger charge is -2.24. The number of fused-ring (bicyclic) bond motifs is 1. The van der Waals surface area contributed by atoms with E-state index < -0.39 is 0 Å². The fourth-order valence-electron chi connectivity index (χ4n) is 2.55. The van der Waals surface area contributed by atoms with E-state index in [2.05, 4.69) is 31.5 Å². The smallest absolute Gasteiger partial charge is 0.164 e. The molecular formula is C14H21NO. The average molecular weight is 219 g/mol. The van der Waals surface area contributed by atoms with Crippen molar-refractivity contribution in [3.63, 3.8) is 0 Å². The number of aromatic nitrogens is 1. The first kappa shape index (κ1) is 11.4. The van der Waals surface area contributed by atoms with E-state index in [9.17, 15) is 4.79 Å². The molecule has 2 rings (SSSR count). The molecule has 0 bridgehead atoms. The van der Waals surface area contributed by atoms with Gasteiger partial charge in [-0.15, -0.1) is 0 Å². The summed E-state index contributed by atoms with van der Waals surface area (Å²) in [6.07, 6.45) is 6.10. The quantitative estimate of drug-likeness (QED) is 0.761. The third kappa shape index (κ3) is 1.81. The summed E-state index contributed by atoms with van der Waals surface area (Å²) in [7, 11) is 0. The lowest BCUT2D eigenvalue weighted by Crippen LogP contribution is -2.18. The number of rotatable bonds is 3. The van der Waals surface area contributed by atoms with Crippen molar-refractivity contribution in [3.05, 3.63) is 23.5 Å². The van der Waals surface area contributed by atoms with Crippen molar-refractivity contribution >= 4 is 5.78 Å². The van der Waals surface area contributed by atoms with Crippen molar-refractivity contribution < 1.29 is 4.79 Å². The molecule has 0 saturated heterocycles. The van der Waals surface area contributed by atoms with Gasteiger partial charge in [-0.25, -0.2) is 0 Å². The van der Waals surface area contributed by atoms with Crippen LogP contribution in [0.1, 0.15) is 62.1 Å². The Morgan fingerprint density at radius 2 is 2.12 bits per heavy atom. The number of carbonyl (C=O) groups is 1. The van der Waals surface area contributed by atoms with Gasteiger partial charge in [-0.2, -0.15) is 0 Å². The second-order valence-corrected chi connectivity index (χ2v) is 4.99.